The van der Waals surface area contributed by atoms with Crippen LogP contribution in [0.5, 0.6) is 0 Å². The summed E-state index contributed by atoms with van der Waals surface area (Å²) in [5.41, 5.74) is 2.58. The molecule has 2 aromatic carbocycles. The lowest BCUT2D eigenvalue weighted by atomic mass is 10.1. The fourth-order valence-electron chi connectivity index (χ4n) is 3.18. The monoisotopic (exact) mass is 392 g/mol. The minimum atomic E-state index is -0.276. The molecule has 1 heterocycles. The number of nitrogens with one attached hydrogen (secondary N) is 1. The number of carbonyl (C=O) groups is 2. The molecule has 1 saturated heterocycles. The Morgan fingerprint density at radius 3 is 2.55 bits per heavy atom. The van der Waals surface area contributed by atoms with Crippen molar-refractivity contribution in [3.8, 4) is 6.07 Å². The number of hydrogen-bond acceptors (Lipinski definition) is 5. The molecular formula is C22H24N4O3. The molecule has 1 aliphatic heterocycles. The summed E-state index contributed by atoms with van der Waals surface area (Å²) in [7, 11) is 0. The van der Waals surface area contributed by atoms with Crippen LogP contribution in [0.15, 0.2) is 48.5 Å². The van der Waals surface area contributed by atoms with Crippen molar-refractivity contribution in [3.63, 3.8) is 0 Å². The van der Waals surface area contributed by atoms with Gasteiger partial charge < -0.3 is 19.9 Å². The molecule has 0 saturated carbocycles. The number of hydrogen-bond donors (Lipinski definition) is 1. The second kappa shape index (κ2) is 9.71. The lowest BCUT2D eigenvalue weighted by Crippen LogP contribution is -2.38. The van der Waals surface area contributed by atoms with Crippen molar-refractivity contribution in [2.75, 3.05) is 49.6 Å². The Morgan fingerprint density at radius 1 is 1.17 bits per heavy atom. The van der Waals surface area contributed by atoms with E-state index in [1.807, 2.05) is 37.3 Å². The molecular weight excluding hydrogens is 368 g/mol. The summed E-state index contributed by atoms with van der Waals surface area (Å²) in [4.78, 5) is 28.8. The minimum absolute atomic E-state index is 0.0582. The largest absolute Gasteiger partial charge is 0.378 e. The van der Waals surface area contributed by atoms with E-state index in [0.29, 0.717) is 23.4 Å². The van der Waals surface area contributed by atoms with E-state index < -0.39 is 0 Å². The fourth-order valence-corrected chi connectivity index (χ4v) is 3.18. The molecule has 0 atom stereocenters. The van der Waals surface area contributed by atoms with Crippen LogP contribution in [0.3, 0.4) is 0 Å². The highest BCUT2D eigenvalue weighted by Gasteiger charge is 2.18. The first-order valence-corrected chi connectivity index (χ1v) is 9.62. The molecule has 0 spiro atoms. The van der Waals surface area contributed by atoms with Crippen molar-refractivity contribution >= 4 is 23.2 Å². The minimum Gasteiger partial charge on any atom is -0.378 e. The quantitative estimate of drug-likeness (QED) is 0.816. The van der Waals surface area contributed by atoms with Crippen LogP contribution in [0, 0.1) is 11.3 Å². The van der Waals surface area contributed by atoms with E-state index in [2.05, 4.69) is 10.2 Å². The highest BCUT2D eigenvalue weighted by Crippen LogP contribution is 2.19. The smallest absolute Gasteiger partial charge is 0.254 e. The maximum Gasteiger partial charge on any atom is 0.254 e. The molecule has 0 aromatic heterocycles. The normalized spacial score (nSPS) is 13.4. The van der Waals surface area contributed by atoms with Gasteiger partial charge in [0.2, 0.25) is 5.91 Å². The van der Waals surface area contributed by atoms with Gasteiger partial charge in [-0.1, -0.05) is 6.07 Å². The number of amides is 2. The second-order valence-corrected chi connectivity index (χ2v) is 6.71. The summed E-state index contributed by atoms with van der Waals surface area (Å²) in [6, 6.07) is 16.2. The third-order valence-electron chi connectivity index (χ3n) is 4.77. The summed E-state index contributed by atoms with van der Waals surface area (Å²) in [5.74, 6) is -0.543. The molecule has 150 valence electrons. The zero-order chi connectivity index (χ0) is 20.6. The van der Waals surface area contributed by atoms with Crippen LogP contribution in [-0.2, 0) is 9.53 Å². The SMILES string of the molecule is CCN(CC(=O)Nc1ccc(N2CCOCC2)cc1)C(=O)c1cccc(C#N)c1. The molecule has 3 rings (SSSR count). The molecule has 2 aromatic rings. The van der Waals surface area contributed by atoms with E-state index in [9.17, 15) is 9.59 Å². The van der Waals surface area contributed by atoms with Crippen LogP contribution >= 0.6 is 0 Å². The summed E-state index contributed by atoms with van der Waals surface area (Å²) in [6.07, 6.45) is 0. The maximum absolute atomic E-state index is 12.7. The van der Waals surface area contributed by atoms with Gasteiger partial charge in [0.15, 0.2) is 0 Å². The topological polar surface area (TPSA) is 85.7 Å². The zero-order valence-corrected chi connectivity index (χ0v) is 16.4. The molecule has 0 unspecified atom stereocenters. The fraction of sp³-hybridized carbons (Fsp3) is 0.318. The van der Waals surface area contributed by atoms with E-state index in [4.69, 9.17) is 10.00 Å². The summed E-state index contributed by atoms with van der Waals surface area (Å²) < 4.78 is 5.36. The summed E-state index contributed by atoms with van der Waals surface area (Å²) in [6.45, 7) is 5.29. The first kappa shape index (κ1) is 20.4. The van der Waals surface area contributed by atoms with Gasteiger partial charge in [-0.2, -0.15) is 5.26 Å². The number of rotatable bonds is 6. The van der Waals surface area contributed by atoms with Gasteiger partial charge in [-0.05, 0) is 49.4 Å². The molecule has 1 aliphatic rings. The highest BCUT2D eigenvalue weighted by molar-refractivity contribution is 5.99. The average molecular weight is 392 g/mol. The number of anilines is 2. The van der Waals surface area contributed by atoms with Crippen molar-refractivity contribution in [2.24, 2.45) is 0 Å². The molecule has 1 fully saturated rings. The van der Waals surface area contributed by atoms with Gasteiger partial charge in [0, 0.05) is 36.6 Å². The number of nitriles is 1. The van der Waals surface area contributed by atoms with Crippen molar-refractivity contribution in [3.05, 3.63) is 59.7 Å². The molecule has 1 N–H and O–H groups in total. The molecule has 7 nitrogen and oxygen atoms in total. The number of carbonyl (C=O) groups excluding carboxylic acids is 2. The van der Waals surface area contributed by atoms with Gasteiger partial charge in [0.25, 0.3) is 5.91 Å². The summed E-state index contributed by atoms with van der Waals surface area (Å²) >= 11 is 0. The highest BCUT2D eigenvalue weighted by atomic mass is 16.5. The number of benzene rings is 2. The third kappa shape index (κ3) is 5.33. The van der Waals surface area contributed by atoms with Crippen LogP contribution in [0.4, 0.5) is 11.4 Å². The van der Waals surface area contributed by atoms with Gasteiger partial charge in [0.05, 0.1) is 24.8 Å². The Balaban J connectivity index is 1.59. The van der Waals surface area contributed by atoms with Crippen molar-refractivity contribution in [1.82, 2.24) is 4.90 Å². The zero-order valence-electron chi connectivity index (χ0n) is 16.4. The van der Waals surface area contributed by atoms with Crippen molar-refractivity contribution in [2.45, 2.75) is 6.92 Å². The Bertz CT molecular complexity index is 899. The van der Waals surface area contributed by atoms with E-state index in [-0.39, 0.29) is 18.4 Å². The lowest BCUT2D eigenvalue weighted by Gasteiger charge is -2.29. The van der Waals surface area contributed by atoms with Crippen LogP contribution in [0.25, 0.3) is 0 Å². The molecule has 0 radical (unpaired) electrons. The van der Waals surface area contributed by atoms with E-state index in [0.717, 1.165) is 32.0 Å². The Labute approximate surface area is 170 Å². The van der Waals surface area contributed by atoms with Gasteiger partial charge in [-0.15, -0.1) is 0 Å². The van der Waals surface area contributed by atoms with Gasteiger partial charge in [-0.3, -0.25) is 9.59 Å². The van der Waals surface area contributed by atoms with Gasteiger partial charge >= 0.3 is 0 Å². The first-order valence-electron chi connectivity index (χ1n) is 9.62. The third-order valence-corrected chi connectivity index (χ3v) is 4.77. The standard InChI is InChI=1S/C22H24N4O3/c1-2-25(22(28)18-5-3-4-17(14-18)15-23)16-21(27)24-19-6-8-20(9-7-19)26-10-12-29-13-11-26/h3-9,14H,2,10-13,16H2,1H3,(H,24,27). The number of likely N-dealkylation sites (N-methyl/N-ethyl adjacent to an activating group) is 1. The van der Waals surface area contributed by atoms with Crippen LogP contribution in [-0.4, -0.2) is 56.1 Å². The number of ether oxygens (including phenoxy) is 1. The van der Waals surface area contributed by atoms with Gasteiger partial charge in [-0.25, -0.2) is 0 Å². The molecule has 0 aliphatic carbocycles. The second-order valence-electron chi connectivity index (χ2n) is 6.71. The van der Waals surface area contributed by atoms with Crippen molar-refractivity contribution < 1.29 is 14.3 Å². The average Bonchev–Trinajstić information content (AvgIpc) is 2.78. The molecule has 7 heteroatoms. The lowest BCUT2D eigenvalue weighted by molar-refractivity contribution is -0.116. The summed E-state index contributed by atoms with van der Waals surface area (Å²) in [5, 5.41) is 11.8. The maximum atomic E-state index is 12.7. The van der Waals surface area contributed by atoms with Gasteiger partial charge in [0.1, 0.15) is 6.54 Å². The predicted octanol–water partition coefficient (Wildman–Crippen LogP) is 2.50. The molecule has 2 amide bonds. The number of nitrogens with zero attached hydrogens (tertiary/aromatic N) is 3. The Hall–Kier alpha value is -3.37. The van der Waals surface area contributed by atoms with E-state index >= 15 is 0 Å². The van der Waals surface area contributed by atoms with Crippen LogP contribution < -0.4 is 10.2 Å². The number of morpholine rings is 1. The first-order chi connectivity index (χ1) is 14.1. The molecule has 29 heavy (non-hydrogen) atoms. The Kier molecular flexibility index (Phi) is 6.82. The molecule has 0 bridgehead atoms. The van der Waals surface area contributed by atoms with Crippen molar-refractivity contribution in [1.29, 1.82) is 5.26 Å². The van der Waals surface area contributed by atoms with Crippen LogP contribution in [0.2, 0.25) is 0 Å². The van der Waals surface area contributed by atoms with Crippen LogP contribution in [0.1, 0.15) is 22.8 Å². The Morgan fingerprint density at radius 2 is 1.90 bits per heavy atom. The predicted molar refractivity (Wildman–Crippen MR) is 111 cm³/mol. The van der Waals surface area contributed by atoms with E-state index in [1.54, 1.807) is 18.2 Å². The van der Waals surface area contributed by atoms with E-state index in [1.165, 1.54) is 11.0 Å².